The molecular weight excluding hydrogens is 387 g/mol. The normalized spacial score (nSPS) is 10.4. The molecule has 0 aliphatic rings. The molecule has 0 aromatic carbocycles. The molecule has 0 saturated heterocycles. The SMILES string of the molecule is CCC(C(C)=O)C(=O)[O-].CCC(C(C)=O)C(=O)[O-].CO.CO.[Zr+2]. The van der Waals surface area contributed by atoms with Crippen molar-refractivity contribution < 1.29 is 65.8 Å². The third-order valence-electron chi connectivity index (χ3n) is 2.37. The summed E-state index contributed by atoms with van der Waals surface area (Å²) in [5.74, 6) is -5.04. The molecule has 2 N–H and O–H groups in total. The van der Waals surface area contributed by atoms with Gasteiger partial charge in [0.25, 0.3) is 0 Å². The first-order valence-corrected chi connectivity index (χ1v) is 6.50. The second-order valence-corrected chi connectivity index (χ2v) is 3.78. The molecule has 8 nitrogen and oxygen atoms in total. The van der Waals surface area contributed by atoms with E-state index in [1.54, 1.807) is 13.8 Å². The van der Waals surface area contributed by atoms with Gasteiger partial charge in [-0.05, 0) is 26.7 Å². The molecule has 0 aromatic rings. The topological polar surface area (TPSA) is 155 Å². The predicted octanol–water partition coefficient (Wildman–Crippen LogP) is -2.08. The van der Waals surface area contributed by atoms with E-state index in [9.17, 15) is 29.4 Å². The monoisotopic (exact) mass is 412 g/mol. The summed E-state index contributed by atoms with van der Waals surface area (Å²) in [5, 5.41) is 34.1. The third kappa shape index (κ3) is 21.1. The van der Waals surface area contributed by atoms with Crippen LogP contribution in [0.4, 0.5) is 0 Å². The minimum atomic E-state index is -1.27. The summed E-state index contributed by atoms with van der Waals surface area (Å²) in [6, 6.07) is 0. The summed E-state index contributed by atoms with van der Waals surface area (Å²) < 4.78 is 0. The molecule has 0 amide bonds. The third-order valence-corrected chi connectivity index (χ3v) is 2.37. The molecule has 0 fully saturated rings. The van der Waals surface area contributed by atoms with Gasteiger partial charge in [-0.15, -0.1) is 0 Å². The summed E-state index contributed by atoms with van der Waals surface area (Å²) in [5.41, 5.74) is 0. The van der Waals surface area contributed by atoms with Gasteiger partial charge >= 0.3 is 26.2 Å². The Balaban J connectivity index is -0.0000000743. The van der Waals surface area contributed by atoms with Crippen LogP contribution in [-0.4, -0.2) is 47.9 Å². The maximum absolute atomic E-state index is 10.4. The zero-order valence-corrected chi connectivity index (χ0v) is 16.9. The fourth-order valence-electron chi connectivity index (χ4n) is 1.24. The van der Waals surface area contributed by atoms with Crippen molar-refractivity contribution in [3.8, 4) is 0 Å². The van der Waals surface area contributed by atoms with Crippen molar-refractivity contribution >= 4 is 23.5 Å². The molecule has 2 atom stereocenters. The number of hydrogen-bond donors (Lipinski definition) is 2. The Morgan fingerprint density at radius 3 is 0.913 bits per heavy atom. The van der Waals surface area contributed by atoms with Crippen molar-refractivity contribution in [3.05, 3.63) is 0 Å². The minimum absolute atomic E-state index is 0. The molecule has 0 aliphatic heterocycles. The number of carbonyl (C=O) groups excluding carboxylic acids is 4. The van der Waals surface area contributed by atoms with E-state index in [4.69, 9.17) is 10.2 Å². The first kappa shape index (κ1) is 33.6. The van der Waals surface area contributed by atoms with Crippen LogP contribution in [0.1, 0.15) is 40.5 Å². The van der Waals surface area contributed by atoms with E-state index in [0.29, 0.717) is 12.8 Å². The van der Waals surface area contributed by atoms with Crippen molar-refractivity contribution in [3.63, 3.8) is 0 Å². The van der Waals surface area contributed by atoms with Crippen LogP contribution >= 0.6 is 0 Å². The number of aliphatic hydroxyl groups excluding tert-OH is 2. The number of ketones is 2. The van der Waals surface area contributed by atoms with E-state index in [-0.39, 0.29) is 37.8 Å². The van der Waals surface area contributed by atoms with Gasteiger partial charge in [0.2, 0.25) is 0 Å². The standard InChI is InChI=1S/2C6H10O3.2CH4O.Zr/c2*1-3-5(4(2)7)6(8)9;2*1-2;/h2*5H,3H2,1-2H3,(H,8,9);2*2H,1H3;/q;;;;+2/p-2. The van der Waals surface area contributed by atoms with Crippen molar-refractivity contribution in [2.75, 3.05) is 14.2 Å². The van der Waals surface area contributed by atoms with E-state index < -0.39 is 23.8 Å². The molecule has 0 heterocycles. The summed E-state index contributed by atoms with van der Waals surface area (Å²) >= 11 is 0. The Labute approximate surface area is 156 Å². The Morgan fingerprint density at radius 2 is 0.913 bits per heavy atom. The van der Waals surface area contributed by atoms with Gasteiger partial charge < -0.3 is 30.0 Å². The second-order valence-electron chi connectivity index (χ2n) is 3.78. The number of hydrogen-bond acceptors (Lipinski definition) is 8. The van der Waals surface area contributed by atoms with Gasteiger partial charge in [0.1, 0.15) is 11.6 Å². The fraction of sp³-hybridized carbons (Fsp3) is 0.714. The van der Waals surface area contributed by atoms with Crippen molar-refractivity contribution in [1.29, 1.82) is 0 Å². The second kappa shape index (κ2) is 23.4. The summed E-state index contributed by atoms with van der Waals surface area (Å²) in [6.07, 6.45) is 0.634. The Kier molecular flexibility index (Phi) is 34.1. The van der Waals surface area contributed by atoms with Crippen molar-refractivity contribution in [2.24, 2.45) is 11.8 Å². The summed E-state index contributed by atoms with van der Waals surface area (Å²) in [7, 11) is 2.00. The summed E-state index contributed by atoms with van der Waals surface area (Å²) in [4.78, 5) is 40.9. The first-order valence-electron chi connectivity index (χ1n) is 6.50. The van der Waals surface area contributed by atoms with Gasteiger partial charge in [-0.1, -0.05) is 13.8 Å². The quantitative estimate of drug-likeness (QED) is 0.470. The zero-order valence-electron chi connectivity index (χ0n) is 14.4. The maximum atomic E-state index is 10.4. The molecule has 2 unspecified atom stereocenters. The van der Waals surface area contributed by atoms with E-state index >= 15 is 0 Å². The van der Waals surface area contributed by atoms with Gasteiger partial charge in [0.15, 0.2) is 0 Å². The van der Waals surface area contributed by atoms with Crippen molar-refractivity contribution in [1.82, 2.24) is 0 Å². The van der Waals surface area contributed by atoms with Crippen LogP contribution in [0.5, 0.6) is 0 Å². The van der Waals surface area contributed by atoms with Gasteiger partial charge in [-0.2, -0.15) is 0 Å². The molecule has 0 bridgehead atoms. The van der Waals surface area contributed by atoms with Crippen LogP contribution in [0, 0.1) is 11.8 Å². The van der Waals surface area contributed by atoms with E-state index in [0.717, 1.165) is 14.2 Å². The molecule has 0 spiro atoms. The molecule has 134 valence electrons. The van der Waals surface area contributed by atoms with Gasteiger partial charge in [0, 0.05) is 14.2 Å². The van der Waals surface area contributed by atoms with E-state index in [1.165, 1.54) is 13.8 Å². The first-order chi connectivity index (χ1) is 10.2. The Hall–Kier alpha value is -0.917. The number of carboxylic acids is 2. The van der Waals surface area contributed by atoms with Crippen molar-refractivity contribution in [2.45, 2.75) is 40.5 Å². The van der Waals surface area contributed by atoms with E-state index in [2.05, 4.69) is 0 Å². The van der Waals surface area contributed by atoms with Crippen LogP contribution in [-0.2, 0) is 45.4 Å². The Bertz CT molecular complexity index is 271. The van der Waals surface area contributed by atoms with Crippen LogP contribution in [0.25, 0.3) is 0 Å². The maximum Gasteiger partial charge on any atom is 2.00 e. The fourth-order valence-corrected chi connectivity index (χ4v) is 1.24. The zero-order chi connectivity index (χ0) is 18.9. The smallest absolute Gasteiger partial charge is 0.549 e. The molecule has 0 aromatic heterocycles. The van der Waals surface area contributed by atoms with Crippen LogP contribution in [0.2, 0.25) is 0 Å². The Morgan fingerprint density at radius 1 is 0.739 bits per heavy atom. The minimum Gasteiger partial charge on any atom is -0.549 e. The number of aliphatic hydroxyl groups is 2. The molecule has 9 heteroatoms. The predicted molar refractivity (Wildman–Crippen MR) is 75.2 cm³/mol. The number of carboxylic acid groups (broad SMARTS) is 2. The number of aliphatic carboxylic acids is 2. The number of Topliss-reactive ketones (excluding diaryl/α,β-unsaturated/α-hetero) is 2. The molecule has 0 saturated carbocycles. The molecule has 23 heavy (non-hydrogen) atoms. The average molecular weight is 414 g/mol. The summed E-state index contributed by atoms with van der Waals surface area (Å²) in [6.45, 7) is 5.79. The van der Waals surface area contributed by atoms with Gasteiger partial charge in [0.05, 0.1) is 23.8 Å². The van der Waals surface area contributed by atoms with Crippen LogP contribution < -0.4 is 10.2 Å². The van der Waals surface area contributed by atoms with E-state index in [1.807, 2.05) is 0 Å². The number of carbonyl (C=O) groups is 4. The van der Waals surface area contributed by atoms with Gasteiger partial charge in [-0.25, -0.2) is 0 Å². The molecule has 0 rings (SSSR count). The molecular formula is C14H26O8Zr. The molecule has 0 radical (unpaired) electrons. The van der Waals surface area contributed by atoms with Gasteiger partial charge in [-0.3, -0.25) is 9.59 Å². The van der Waals surface area contributed by atoms with Crippen LogP contribution in [0.3, 0.4) is 0 Å². The van der Waals surface area contributed by atoms with Crippen LogP contribution in [0.15, 0.2) is 0 Å². The number of rotatable bonds is 6. The molecule has 0 aliphatic carbocycles. The largest absolute Gasteiger partial charge is 2.00 e. The average Bonchev–Trinajstić information content (AvgIpc) is 2.43.